The van der Waals surface area contributed by atoms with Crippen LogP contribution in [0, 0.1) is 0 Å². The second-order valence-corrected chi connectivity index (χ2v) is 3.91. The van der Waals surface area contributed by atoms with Crippen LogP contribution in [0.1, 0.15) is 22.8 Å². The number of nitrogens with zero attached hydrogens (tertiary/aromatic N) is 1. The molecule has 106 valence electrons. The number of benzene rings is 1. The molecule has 0 aliphatic rings. The molecular formula is C12H15F3N2O2. The van der Waals surface area contributed by atoms with Crippen LogP contribution in [-0.4, -0.2) is 35.6 Å². The molecule has 0 heterocycles. The summed E-state index contributed by atoms with van der Waals surface area (Å²) in [6, 6.07) is 2.62. The van der Waals surface area contributed by atoms with Gasteiger partial charge in [-0.15, -0.1) is 0 Å². The average molecular weight is 276 g/mol. The van der Waals surface area contributed by atoms with Gasteiger partial charge in [0, 0.05) is 18.8 Å². The SMILES string of the molecule is CCN(CCO)C(=O)c1cc(C(F)(F)F)ccc1N. The minimum absolute atomic E-state index is 0.0191. The van der Waals surface area contributed by atoms with Gasteiger partial charge in [-0.3, -0.25) is 4.79 Å². The van der Waals surface area contributed by atoms with Crippen LogP contribution in [0.15, 0.2) is 18.2 Å². The normalized spacial score (nSPS) is 11.4. The van der Waals surface area contributed by atoms with E-state index in [1.165, 1.54) is 4.90 Å². The lowest BCUT2D eigenvalue weighted by Gasteiger charge is -2.21. The number of carbonyl (C=O) groups is 1. The maximum absolute atomic E-state index is 12.6. The maximum Gasteiger partial charge on any atom is 0.416 e. The number of aliphatic hydroxyl groups is 1. The van der Waals surface area contributed by atoms with Crippen molar-refractivity contribution < 1.29 is 23.1 Å². The van der Waals surface area contributed by atoms with E-state index in [2.05, 4.69) is 0 Å². The smallest absolute Gasteiger partial charge is 0.398 e. The molecule has 0 aliphatic carbocycles. The van der Waals surface area contributed by atoms with E-state index in [4.69, 9.17) is 10.8 Å². The Morgan fingerprint density at radius 1 is 1.42 bits per heavy atom. The van der Waals surface area contributed by atoms with Crippen molar-refractivity contribution in [3.05, 3.63) is 29.3 Å². The maximum atomic E-state index is 12.6. The summed E-state index contributed by atoms with van der Waals surface area (Å²) in [4.78, 5) is 13.3. The van der Waals surface area contributed by atoms with Crippen LogP contribution in [-0.2, 0) is 6.18 Å². The first-order chi connectivity index (χ1) is 8.81. The Balaban J connectivity index is 3.15. The minimum Gasteiger partial charge on any atom is -0.398 e. The molecule has 0 spiro atoms. The van der Waals surface area contributed by atoms with E-state index < -0.39 is 17.6 Å². The zero-order valence-corrected chi connectivity index (χ0v) is 10.4. The highest BCUT2D eigenvalue weighted by Crippen LogP contribution is 2.31. The van der Waals surface area contributed by atoms with Crippen LogP contribution in [0.25, 0.3) is 0 Å². The number of likely N-dealkylation sites (N-methyl/N-ethyl adjacent to an activating group) is 1. The third-order valence-electron chi connectivity index (χ3n) is 2.65. The topological polar surface area (TPSA) is 66.6 Å². The van der Waals surface area contributed by atoms with E-state index in [1.54, 1.807) is 6.92 Å². The molecule has 1 aromatic carbocycles. The van der Waals surface area contributed by atoms with E-state index >= 15 is 0 Å². The molecule has 0 unspecified atom stereocenters. The summed E-state index contributed by atoms with van der Waals surface area (Å²) in [6.07, 6.45) is -4.53. The zero-order valence-electron chi connectivity index (χ0n) is 10.4. The number of carbonyl (C=O) groups excluding carboxylic acids is 1. The van der Waals surface area contributed by atoms with Crippen molar-refractivity contribution in [3.8, 4) is 0 Å². The second kappa shape index (κ2) is 5.92. The molecule has 0 saturated heterocycles. The predicted molar refractivity (Wildman–Crippen MR) is 64.5 cm³/mol. The Morgan fingerprint density at radius 2 is 2.05 bits per heavy atom. The highest BCUT2D eigenvalue weighted by Gasteiger charge is 2.32. The molecule has 0 atom stereocenters. The monoisotopic (exact) mass is 276 g/mol. The highest BCUT2D eigenvalue weighted by atomic mass is 19.4. The van der Waals surface area contributed by atoms with Gasteiger partial charge in [-0.2, -0.15) is 13.2 Å². The van der Waals surface area contributed by atoms with Gasteiger partial charge >= 0.3 is 6.18 Å². The fourth-order valence-electron chi connectivity index (χ4n) is 1.61. The quantitative estimate of drug-likeness (QED) is 0.823. The number of rotatable bonds is 4. The van der Waals surface area contributed by atoms with Gasteiger partial charge in [0.25, 0.3) is 5.91 Å². The third-order valence-corrected chi connectivity index (χ3v) is 2.65. The van der Waals surface area contributed by atoms with E-state index in [9.17, 15) is 18.0 Å². The molecular weight excluding hydrogens is 261 g/mol. The molecule has 7 heteroatoms. The van der Waals surface area contributed by atoms with Crippen LogP contribution >= 0.6 is 0 Å². The summed E-state index contributed by atoms with van der Waals surface area (Å²) < 4.78 is 37.8. The van der Waals surface area contributed by atoms with Gasteiger partial charge in [-0.1, -0.05) is 0 Å². The first-order valence-corrected chi connectivity index (χ1v) is 5.68. The molecule has 4 nitrogen and oxygen atoms in total. The molecule has 1 aromatic rings. The number of anilines is 1. The molecule has 1 rings (SSSR count). The molecule has 19 heavy (non-hydrogen) atoms. The van der Waals surface area contributed by atoms with E-state index in [1.807, 2.05) is 0 Å². The summed E-state index contributed by atoms with van der Waals surface area (Å²) in [6.45, 7) is 1.72. The van der Waals surface area contributed by atoms with E-state index in [0.717, 1.165) is 18.2 Å². The van der Waals surface area contributed by atoms with Crippen LogP contribution < -0.4 is 5.73 Å². The standard InChI is InChI=1S/C12H15F3N2O2/c1-2-17(5-6-18)11(19)9-7-8(12(13,14)15)3-4-10(9)16/h3-4,7,18H,2,5-6,16H2,1H3. The Hall–Kier alpha value is -1.76. The van der Waals surface area contributed by atoms with Crippen molar-refractivity contribution >= 4 is 11.6 Å². The summed E-state index contributed by atoms with van der Waals surface area (Å²) in [5.74, 6) is -0.625. The second-order valence-electron chi connectivity index (χ2n) is 3.91. The van der Waals surface area contributed by atoms with Crippen molar-refractivity contribution in [1.82, 2.24) is 4.90 Å². The number of alkyl halides is 3. The fraction of sp³-hybridized carbons (Fsp3) is 0.417. The molecule has 0 bridgehead atoms. The zero-order chi connectivity index (χ0) is 14.6. The van der Waals surface area contributed by atoms with Gasteiger partial charge in [0.2, 0.25) is 0 Å². The molecule has 0 fully saturated rings. The lowest BCUT2D eigenvalue weighted by Crippen LogP contribution is -2.34. The first-order valence-electron chi connectivity index (χ1n) is 5.68. The van der Waals surface area contributed by atoms with Gasteiger partial charge in [-0.05, 0) is 25.1 Å². The van der Waals surface area contributed by atoms with Gasteiger partial charge in [0.15, 0.2) is 0 Å². The minimum atomic E-state index is -4.53. The van der Waals surface area contributed by atoms with Crippen LogP contribution in [0.2, 0.25) is 0 Å². The van der Waals surface area contributed by atoms with Crippen molar-refractivity contribution in [1.29, 1.82) is 0 Å². The molecule has 1 amide bonds. The molecule has 0 saturated carbocycles. The molecule has 0 radical (unpaired) electrons. The Morgan fingerprint density at radius 3 is 2.53 bits per heavy atom. The summed E-state index contributed by atoms with van der Waals surface area (Å²) in [7, 11) is 0. The fourth-order valence-corrected chi connectivity index (χ4v) is 1.61. The summed E-state index contributed by atoms with van der Waals surface area (Å²) in [5, 5.41) is 8.81. The summed E-state index contributed by atoms with van der Waals surface area (Å²) >= 11 is 0. The molecule has 3 N–H and O–H groups in total. The van der Waals surface area contributed by atoms with Crippen molar-refractivity contribution in [3.63, 3.8) is 0 Å². The summed E-state index contributed by atoms with van der Waals surface area (Å²) in [5.41, 5.74) is 4.40. The van der Waals surface area contributed by atoms with E-state index in [-0.39, 0.29) is 30.9 Å². The van der Waals surface area contributed by atoms with Gasteiger partial charge in [0.1, 0.15) is 0 Å². The average Bonchev–Trinajstić information content (AvgIpc) is 2.34. The Labute approximate surface area is 108 Å². The Bertz CT molecular complexity index is 461. The van der Waals surface area contributed by atoms with Crippen LogP contribution in [0.5, 0.6) is 0 Å². The molecule has 0 aliphatic heterocycles. The number of nitrogens with two attached hydrogens (primary N) is 1. The van der Waals surface area contributed by atoms with Crippen LogP contribution in [0.4, 0.5) is 18.9 Å². The van der Waals surface area contributed by atoms with Crippen molar-refractivity contribution in [2.75, 3.05) is 25.4 Å². The number of amides is 1. The number of hydrogen-bond donors (Lipinski definition) is 2. The third kappa shape index (κ3) is 3.60. The Kier molecular flexibility index (Phi) is 4.77. The first kappa shape index (κ1) is 15.3. The van der Waals surface area contributed by atoms with Crippen molar-refractivity contribution in [2.45, 2.75) is 13.1 Å². The number of hydrogen-bond acceptors (Lipinski definition) is 3. The van der Waals surface area contributed by atoms with Gasteiger partial charge in [0.05, 0.1) is 17.7 Å². The predicted octanol–water partition coefficient (Wildman–Crippen LogP) is 1.74. The number of halogens is 3. The van der Waals surface area contributed by atoms with Gasteiger partial charge in [-0.25, -0.2) is 0 Å². The number of nitrogen functional groups attached to an aromatic ring is 1. The lowest BCUT2D eigenvalue weighted by atomic mass is 10.1. The number of aliphatic hydroxyl groups excluding tert-OH is 1. The molecule has 0 aromatic heterocycles. The van der Waals surface area contributed by atoms with Crippen molar-refractivity contribution in [2.24, 2.45) is 0 Å². The van der Waals surface area contributed by atoms with Gasteiger partial charge < -0.3 is 15.7 Å². The lowest BCUT2D eigenvalue weighted by molar-refractivity contribution is -0.137. The largest absolute Gasteiger partial charge is 0.416 e. The van der Waals surface area contributed by atoms with E-state index in [0.29, 0.717) is 0 Å². The highest BCUT2D eigenvalue weighted by molar-refractivity contribution is 5.99. The van der Waals surface area contributed by atoms with Crippen LogP contribution in [0.3, 0.4) is 0 Å².